The molecule has 1 aromatic rings. The Morgan fingerprint density at radius 1 is 1.15 bits per heavy atom. The zero-order valence-electron chi connectivity index (χ0n) is 15.7. The van der Waals surface area contributed by atoms with Gasteiger partial charge in [0.25, 0.3) is 0 Å². The van der Waals surface area contributed by atoms with Gasteiger partial charge in [0.2, 0.25) is 0 Å². The fourth-order valence-electron chi connectivity index (χ4n) is 3.62. The normalized spacial score (nSPS) is 21.3. The minimum absolute atomic E-state index is 0.0242. The van der Waals surface area contributed by atoms with E-state index in [2.05, 4.69) is 10.2 Å². The first-order valence-electron chi connectivity index (χ1n) is 9.31. The van der Waals surface area contributed by atoms with Gasteiger partial charge in [-0.2, -0.15) is 11.8 Å². The van der Waals surface area contributed by atoms with E-state index < -0.39 is 0 Å². The number of likely N-dealkylation sites (tertiary alicyclic amines) is 1. The lowest BCUT2D eigenvalue weighted by Crippen LogP contribution is -2.49. The molecule has 0 bridgehead atoms. The highest BCUT2D eigenvalue weighted by Crippen LogP contribution is 2.30. The van der Waals surface area contributed by atoms with E-state index in [0.29, 0.717) is 11.5 Å². The standard InChI is InChI=1S/C19H29N3O3S/c1-24-17-7-6-15(12-18(17)25-2)20-19(23)22-10-5-11-26-14-16(22)13-21-8-3-4-9-21/h6-7,12,16H,3-5,8-11,13-14H2,1-2H3,(H,20,23). The zero-order valence-corrected chi connectivity index (χ0v) is 16.5. The number of hydrogen-bond donors (Lipinski definition) is 1. The molecular formula is C19H29N3O3S. The molecule has 2 amide bonds. The summed E-state index contributed by atoms with van der Waals surface area (Å²) < 4.78 is 10.6. The molecule has 6 nitrogen and oxygen atoms in total. The number of thioether (sulfide) groups is 1. The number of anilines is 1. The minimum atomic E-state index is -0.0242. The van der Waals surface area contributed by atoms with Gasteiger partial charge in [0, 0.05) is 30.6 Å². The Kier molecular flexibility index (Phi) is 6.91. The van der Waals surface area contributed by atoms with Crippen LogP contribution in [0.25, 0.3) is 0 Å². The Bertz CT molecular complexity index is 608. The third-order valence-corrected chi connectivity index (χ3v) is 6.20. The number of carbonyl (C=O) groups excluding carboxylic acids is 1. The van der Waals surface area contributed by atoms with Crippen LogP contribution in [0.3, 0.4) is 0 Å². The molecule has 0 spiro atoms. The van der Waals surface area contributed by atoms with E-state index in [9.17, 15) is 4.79 Å². The Hall–Kier alpha value is -1.60. The van der Waals surface area contributed by atoms with Crippen LogP contribution in [0.4, 0.5) is 10.5 Å². The number of methoxy groups -OCH3 is 2. The van der Waals surface area contributed by atoms with Crippen LogP contribution in [0.2, 0.25) is 0 Å². The predicted octanol–water partition coefficient (Wildman–Crippen LogP) is 3.14. The topological polar surface area (TPSA) is 54.0 Å². The van der Waals surface area contributed by atoms with Crippen molar-refractivity contribution in [1.29, 1.82) is 0 Å². The molecule has 1 aromatic carbocycles. The lowest BCUT2D eigenvalue weighted by Gasteiger charge is -2.32. The van der Waals surface area contributed by atoms with Crippen LogP contribution < -0.4 is 14.8 Å². The second-order valence-corrected chi connectivity index (χ2v) is 7.93. The van der Waals surface area contributed by atoms with Crippen LogP contribution in [-0.4, -0.2) is 73.8 Å². The molecule has 1 N–H and O–H groups in total. The van der Waals surface area contributed by atoms with Crippen LogP contribution >= 0.6 is 11.8 Å². The molecule has 0 saturated carbocycles. The van der Waals surface area contributed by atoms with Gasteiger partial charge in [-0.1, -0.05) is 0 Å². The fourth-order valence-corrected chi connectivity index (χ4v) is 4.68. The van der Waals surface area contributed by atoms with Crippen LogP contribution in [0, 0.1) is 0 Å². The van der Waals surface area contributed by atoms with Gasteiger partial charge in [0.1, 0.15) is 0 Å². The first-order valence-corrected chi connectivity index (χ1v) is 10.5. The lowest BCUT2D eigenvalue weighted by molar-refractivity contribution is 0.173. The summed E-state index contributed by atoms with van der Waals surface area (Å²) in [4.78, 5) is 17.5. The number of benzene rings is 1. The summed E-state index contributed by atoms with van der Waals surface area (Å²) in [5.74, 6) is 3.40. The maximum Gasteiger partial charge on any atom is 0.322 e. The van der Waals surface area contributed by atoms with E-state index in [-0.39, 0.29) is 12.1 Å². The molecule has 144 valence electrons. The number of urea groups is 1. The Balaban J connectivity index is 1.68. The minimum Gasteiger partial charge on any atom is -0.493 e. The third kappa shape index (κ3) is 4.76. The molecule has 7 heteroatoms. The first kappa shape index (κ1) is 19.2. The molecule has 2 fully saturated rings. The molecule has 2 aliphatic rings. The predicted molar refractivity (Wildman–Crippen MR) is 107 cm³/mol. The molecule has 1 unspecified atom stereocenters. The van der Waals surface area contributed by atoms with Crippen molar-refractivity contribution < 1.29 is 14.3 Å². The summed E-state index contributed by atoms with van der Waals surface area (Å²) in [5.41, 5.74) is 0.726. The summed E-state index contributed by atoms with van der Waals surface area (Å²) in [7, 11) is 3.20. The van der Waals surface area contributed by atoms with Gasteiger partial charge in [0.05, 0.1) is 20.3 Å². The van der Waals surface area contributed by atoms with Gasteiger partial charge in [-0.05, 0) is 50.2 Å². The molecule has 2 saturated heterocycles. The fraction of sp³-hybridized carbons (Fsp3) is 0.632. The van der Waals surface area contributed by atoms with Gasteiger partial charge >= 0.3 is 6.03 Å². The summed E-state index contributed by atoms with van der Waals surface area (Å²) in [5, 5.41) is 3.04. The van der Waals surface area contributed by atoms with Crippen molar-refractivity contribution in [2.24, 2.45) is 0 Å². The maximum atomic E-state index is 13.0. The molecular weight excluding hydrogens is 350 g/mol. The van der Waals surface area contributed by atoms with Crippen molar-refractivity contribution in [3.8, 4) is 11.5 Å². The lowest BCUT2D eigenvalue weighted by atomic mass is 10.2. The first-order chi connectivity index (χ1) is 12.7. The van der Waals surface area contributed by atoms with E-state index in [1.807, 2.05) is 28.8 Å². The number of rotatable bonds is 5. The number of nitrogens with zero attached hydrogens (tertiary/aromatic N) is 2. The second kappa shape index (κ2) is 9.37. The van der Waals surface area contributed by atoms with Crippen LogP contribution in [0.5, 0.6) is 11.5 Å². The summed E-state index contributed by atoms with van der Waals surface area (Å²) in [6.45, 7) is 4.11. The zero-order chi connectivity index (χ0) is 18.4. The van der Waals surface area contributed by atoms with Crippen molar-refractivity contribution in [3.05, 3.63) is 18.2 Å². The highest BCUT2D eigenvalue weighted by molar-refractivity contribution is 7.99. The van der Waals surface area contributed by atoms with Crippen molar-refractivity contribution in [3.63, 3.8) is 0 Å². The SMILES string of the molecule is COc1ccc(NC(=O)N2CCCSCC2CN2CCCC2)cc1OC. The van der Waals surface area contributed by atoms with E-state index >= 15 is 0 Å². The average molecular weight is 380 g/mol. The number of nitrogens with one attached hydrogen (secondary N) is 1. The van der Waals surface area contributed by atoms with Gasteiger partial charge in [0.15, 0.2) is 11.5 Å². The Morgan fingerprint density at radius 2 is 1.92 bits per heavy atom. The molecule has 2 aliphatic heterocycles. The van der Waals surface area contributed by atoms with Gasteiger partial charge in [-0.3, -0.25) is 0 Å². The van der Waals surface area contributed by atoms with Crippen LogP contribution in [0.15, 0.2) is 18.2 Å². The van der Waals surface area contributed by atoms with Crippen LogP contribution in [0.1, 0.15) is 19.3 Å². The maximum absolute atomic E-state index is 13.0. The molecule has 1 atom stereocenters. The summed E-state index contributed by atoms with van der Waals surface area (Å²) in [6, 6.07) is 5.71. The molecule has 2 heterocycles. The van der Waals surface area contributed by atoms with E-state index in [1.54, 1.807) is 20.3 Å². The molecule has 3 rings (SSSR count). The Labute approximate surface area is 160 Å². The monoisotopic (exact) mass is 379 g/mol. The molecule has 0 aliphatic carbocycles. The van der Waals surface area contributed by atoms with Crippen molar-refractivity contribution >= 4 is 23.5 Å². The van der Waals surface area contributed by atoms with Gasteiger partial charge < -0.3 is 24.6 Å². The molecule has 26 heavy (non-hydrogen) atoms. The third-order valence-electron chi connectivity index (χ3n) is 5.00. The number of hydrogen-bond acceptors (Lipinski definition) is 5. The van der Waals surface area contributed by atoms with E-state index in [4.69, 9.17) is 9.47 Å². The molecule has 0 aromatic heterocycles. The van der Waals surface area contributed by atoms with E-state index in [1.165, 1.54) is 12.8 Å². The quantitative estimate of drug-likeness (QED) is 0.852. The molecule has 0 radical (unpaired) electrons. The van der Waals surface area contributed by atoms with Gasteiger partial charge in [-0.25, -0.2) is 4.79 Å². The number of amides is 2. The van der Waals surface area contributed by atoms with Gasteiger partial charge in [-0.15, -0.1) is 0 Å². The highest BCUT2D eigenvalue weighted by Gasteiger charge is 2.28. The van der Waals surface area contributed by atoms with Crippen molar-refractivity contribution in [2.75, 3.05) is 57.2 Å². The van der Waals surface area contributed by atoms with E-state index in [0.717, 1.165) is 49.8 Å². The van der Waals surface area contributed by atoms with Crippen molar-refractivity contribution in [2.45, 2.75) is 25.3 Å². The second-order valence-electron chi connectivity index (χ2n) is 6.78. The smallest absolute Gasteiger partial charge is 0.322 e. The Morgan fingerprint density at radius 3 is 2.65 bits per heavy atom. The van der Waals surface area contributed by atoms with Crippen LogP contribution in [-0.2, 0) is 0 Å². The summed E-state index contributed by atoms with van der Waals surface area (Å²) in [6.07, 6.45) is 3.59. The number of ether oxygens (including phenoxy) is 2. The average Bonchev–Trinajstić information content (AvgIpc) is 3.05. The summed E-state index contributed by atoms with van der Waals surface area (Å²) >= 11 is 1.96. The highest BCUT2D eigenvalue weighted by atomic mass is 32.2. The number of carbonyl (C=O) groups is 1. The largest absolute Gasteiger partial charge is 0.493 e. The van der Waals surface area contributed by atoms with Crippen molar-refractivity contribution in [1.82, 2.24) is 9.80 Å².